The fourth-order valence-corrected chi connectivity index (χ4v) is 3.21. The molecular weight excluding hydrogens is 366 g/mol. The molecule has 148 valence electrons. The topological polar surface area (TPSA) is 95.9 Å². The van der Waals surface area contributed by atoms with E-state index in [9.17, 15) is 4.79 Å². The summed E-state index contributed by atoms with van der Waals surface area (Å²) in [6.45, 7) is 5.80. The summed E-state index contributed by atoms with van der Waals surface area (Å²) in [6, 6.07) is 9.42. The molecule has 2 aromatic heterocycles. The molecule has 0 spiro atoms. The van der Waals surface area contributed by atoms with Crippen LogP contribution in [0.3, 0.4) is 0 Å². The van der Waals surface area contributed by atoms with Crippen LogP contribution in [-0.4, -0.2) is 38.9 Å². The molecule has 0 radical (unpaired) electrons. The number of hydrogen-bond acceptors (Lipinski definition) is 7. The van der Waals surface area contributed by atoms with E-state index in [1.54, 1.807) is 6.20 Å². The van der Waals surface area contributed by atoms with Crippen LogP contribution in [0.2, 0.25) is 0 Å². The van der Waals surface area contributed by atoms with Crippen molar-refractivity contribution in [2.24, 2.45) is 0 Å². The predicted octanol–water partition coefficient (Wildman–Crippen LogP) is 3.48. The van der Waals surface area contributed by atoms with Gasteiger partial charge in [-0.3, -0.25) is 9.78 Å². The fraction of sp³-hybridized carbons (Fsp3) is 0.286. The van der Waals surface area contributed by atoms with Gasteiger partial charge in [-0.25, -0.2) is 15.0 Å². The van der Waals surface area contributed by atoms with Crippen LogP contribution in [0.1, 0.15) is 34.8 Å². The number of nitrogens with one attached hydrogen (secondary N) is 2. The molecule has 29 heavy (non-hydrogen) atoms. The fourth-order valence-electron chi connectivity index (χ4n) is 3.21. The minimum Gasteiger partial charge on any atom is -0.356 e. The lowest BCUT2D eigenvalue weighted by Crippen LogP contribution is -2.19. The summed E-state index contributed by atoms with van der Waals surface area (Å²) in [5.74, 6) is 2.16. The smallest absolute Gasteiger partial charge is 0.275 e. The molecule has 2 N–H and O–H groups in total. The second-order valence-corrected chi connectivity index (χ2v) is 7.05. The van der Waals surface area contributed by atoms with E-state index in [1.165, 1.54) is 19.0 Å². The number of aryl methyl sites for hydroxylation is 2. The Morgan fingerprint density at radius 2 is 1.69 bits per heavy atom. The lowest BCUT2D eigenvalue weighted by molar-refractivity contribution is 0.102. The first-order valence-corrected chi connectivity index (χ1v) is 9.64. The van der Waals surface area contributed by atoms with Gasteiger partial charge in [-0.1, -0.05) is 0 Å². The molecule has 3 heterocycles. The van der Waals surface area contributed by atoms with Crippen molar-refractivity contribution in [3.63, 3.8) is 0 Å². The number of carbonyl (C=O) groups is 1. The minimum atomic E-state index is -0.292. The maximum Gasteiger partial charge on any atom is 0.275 e. The Morgan fingerprint density at radius 1 is 0.966 bits per heavy atom. The number of rotatable bonds is 5. The van der Waals surface area contributed by atoms with Crippen LogP contribution >= 0.6 is 0 Å². The zero-order chi connectivity index (χ0) is 20.2. The average molecular weight is 389 g/mol. The molecule has 8 heteroatoms. The SMILES string of the molecule is Cc1cnc(C(=O)Nc2ccc(Nc3cc(N4CCCC4)nc(C)n3)cc2)cn1. The Labute approximate surface area is 169 Å². The first kappa shape index (κ1) is 18.8. The molecule has 1 amide bonds. The standard InChI is InChI=1S/C21H23N7O/c1-14-12-23-18(13-22-14)21(29)27-17-7-5-16(6-8-17)26-19-11-20(25-15(2)24-19)28-9-3-4-10-28/h5-8,11-13H,3-4,9-10H2,1-2H3,(H,27,29)(H,24,25,26). The van der Waals surface area contributed by atoms with Crippen LogP contribution in [0, 0.1) is 13.8 Å². The number of hydrogen-bond donors (Lipinski definition) is 2. The van der Waals surface area contributed by atoms with Gasteiger partial charge in [-0.05, 0) is 51.0 Å². The maximum absolute atomic E-state index is 12.3. The number of amides is 1. The summed E-state index contributed by atoms with van der Waals surface area (Å²) in [6.07, 6.45) is 5.44. The minimum absolute atomic E-state index is 0.281. The van der Waals surface area contributed by atoms with E-state index in [-0.39, 0.29) is 11.6 Å². The molecule has 3 aromatic rings. The van der Waals surface area contributed by atoms with Gasteiger partial charge in [-0.15, -0.1) is 0 Å². The van der Waals surface area contributed by atoms with Crippen molar-refractivity contribution in [1.82, 2.24) is 19.9 Å². The van der Waals surface area contributed by atoms with Crippen LogP contribution < -0.4 is 15.5 Å². The van der Waals surface area contributed by atoms with Gasteiger partial charge in [0.15, 0.2) is 0 Å². The molecule has 1 saturated heterocycles. The van der Waals surface area contributed by atoms with Gasteiger partial charge in [0, 0.05) is 36.7 Å². The normalized spacial score (nSPS) is 13.4. The number of carbonyl (C=O) groups excluding carboxylic acids is 1. The second kappa shape index (κ2) is 8.22. The molecule has 1 aromatic carbocycles. The summed E-state index contributed by atoms with van der Waals surface area (Å²) >= 11 is 0. The number of anilines is 4. The van der Waals surface area contributed by atoms with E-state index in [1.807, 2.05) is 44.2 Å². The van der Waals surface area contributed by atoms with Crippen molar-refractivity contribution in [2.45, 2.75) is 26.7 Å². The summed E-state index contributed by atoms with van der Waals surface area (Å²) in [5, 5.41) is 6.14. The Balaban J connectivity index is 1.43. The van der Waals surface area contributed by atoms with Crippen LogP contribution in [0.4, 0.5) is 23.0 Å². The lowest BCUT2D eigenvalue weighted by Gasteiger charge is -2.18. The molecule has 0 atom stereocenters. The predicted molar refractivity (Wildman–Crippen MR) is 113 cm³/mol. The van der Waals surface area contributed by atoms with Gasteiger partial charge < -0.3 is 15.5 Å². The third-order valence-electron chi connectivity index (χ3n) is 4.68. The largest absolute Gasteiger partial charge is 0.356 e. The van der Waals surface area contributed by atoms with E-state index in [0.717, 1.165) is 41.9 Å². The summed E-state index contributed by atoms with van der Waals surface area (Å²) < 4.78 is 0. The van der Waals surface area contributed by atoms with Crippen molar-refractivity contribution >= 4 is 28.9 Å². The number of benzene rings is 1. The summed E-state index contributed by atoms with van der Waals surface area (Å²) in [4.78, 5) is 31.8. The molecule has 0 bridgehead atoms. The Kier molecular flexibility index (Phi) is 5.33. The third-order valence-corrected chi connectivity index (χ3v) is 4.68. The van der Waals surface area contributed by atoms with E-state index in [0.29, 0.717) is 5.69 Å². The van der Waals surface area contributed by atoms with E-state index < -0.39 is 0 Å². The molecule has 0 unspecified atom stereocenters. The van der Waals surface area contributed by atoms with Crippen LogP contribution in [0.5, 0.6) is 0 Å². The lowest BCUT2D eigenvalue weighted by atomic mass is 10.2. The highest BCUT2D eigenvalue weighted by molar-refractivity contribution is 6.02. The first-order valence-electron chi connectivity index (χ1n) is 9.64. The molecule has 4 rings (SSSR count). The van der Waals surface area contributed by atoms with Gasteiger partial charge in [0.05, 0.1) is 11.9 Å². The molecular formula is C21H23N7O. The van der Waals surface area contributed by atoms with Crippen LogP contribution in [0.25, 0.3) is 0 Å². The average Bonchev–Trinajstić information content (AvgIpc) is 3.24. The third kappa shape index (κ3) is 4.66. The number of nitrogens with zero attached hydrogens (tertiary/aromatic N) is 5. The first-order chi connectivity index (χ1) is 14.1. The van der Waals surface area contributed by atoms with Gasteiger partial charge in [-0.2, -0.15) is 0 Å². The highest BCUT2D eigenvalue weighted by Gasteiger charge is 2.15. The highest BCUT2D eigenvalue weighted by atomic mass is 16.1. The van der Waals surface area contributed by atoms with Gasteiger partial charge >= 0.3 is 0 Å². The zero-order valence-electron chi connectivity index (χ0n) is 16.5. The molecule has 0 saturated carbocycles. The van der Waals surface area contributed by atoms with Crippen molar-refractivity contribution in [3.05, 3.63) is 59.9 Å². The second-order valence-electron chi connectivity index (χ2n) is 7.05. The number of aromatic nitrogens is 4. The Bertz CT molecular complexity index is 997. The van der Waals surface area contributed by atoms with Crippen molar-refractivity contribution in [2.75, 3.05) is 28.6 Å². The summed E-state index contributed by atoms with van der Waals surface area (Å²) in [7, 11) is 0. The molecule has 0 aliphatic carbocycles. The van der Waals surface area contributed by atoms with Crippen LogP contribution in [0.15, 0.2) is 42.7 Å². The summed E-state index contributed by atoms with van der Waals surface area (Å²) in [5.41, 5.74) is 2.61. The van der Waals surface area contributed by atoms with E-state index >= 15 is 0 Å². The zero-order valence-corrected chi connectivity index (χ0v) is 16.5. The monoisotopic (exact) mass is 389 g/mol. The van der Waals surface area contributed by atoms with Gasteiger partial charge in [0.25, 0.3) is 5.91 Å². The van der Waals surface area contributed by atoms with Crippen LogP contribution in [-0.2, 0) is 0 Å². The highest BCUT2D eigenvalue weighted by Crippen LogP contribution is 2.23. The molecule has 1 aliphatic heterocycles. The van der Waals surface area contributed by atoms with Gasteiger partial charge in [0.2, 0.25) is 0 Å². The van der Waals surface area contributed by atoms with Crippen molar-refractivity contribution in [1.29, 1.82) is 0 Å². The van der Waals surface area contributed by atoms with E-state index in [4.69, 9.17) is 0 Å². The Morgan fingerprint density at radius 3 is 2.38 bits per heavy atom. The molecule has 1 fully saturated rings. The van der Waals surface area contributed by atoms with Gasteiger partial charge in [0.1, 0.15) is 23.2 Å². The molecule has 1 aliphatic rings. The van der Waals surface area contributed by atoms with Crippen molar-refractivity contribution in [3.8, 4) is 0 Å². The van der Waals surface area contributed by atoms with Crippen molar-refractivity contribution < 1.29 is 4.79 Å². The Hall–Kier alpha value is -3.55. The maximum atomic E-state index is 12.3. The quantitative estimate of drug-likeness (QED) is 0.690. The molecule has 8 nitrogen and oxygen atoms in total. The van der Waals surface area contributed by atoms with E-state index in [2.05, 4.69) is 35.5 Å².